The number of amides is 2. The van der Waals surface area contributed by atoms with Gasteiger partial charge < -0.3 is 25.7 Å². The van der Waals surface area contributed by atoms with Crippen molar-refractivity contribution in [2.24, 2.45) is 29.1 Å². The lowest BCUT2D eigenvalue weighted by molar-refractivity contribution is -0.183. The molecule has 5 fully saturated rings. The first-order valence-electron chi connectivity index (χ1n) is 16.9. The lowest BCUT2D eigenvalue weighted by Gasteiger charge is -2.62. The van der Waals surface area contributed by atoms with E-state index in [9.17, 15) is 19.8 Å². The molecule has 9 nitrogen and oxygen atoms in total. The normalized spacial score (nSPS) is 32.6. The minimum Gasteiger partial charge on any atom is -0.394 e. The van der Waals surface area contributed by atoms with Crippen molar-refractivity contribution in [3.8, 4) is 11.8 Å². The fourth-order valence-electron chi connectivity index (χ4n) is 8.63. The highest BCUT2D eigenvalue weighted by Crippen LogP contribution is 2.61. The third kappa shape index (κ3) is 7.26. The van der Waals surface area contributed by atoms with E-state index in [0.717, 1.165) is 49.7 Å². The van der Waals surface area contributed by atoms with Gasteiger partial charge in [-0.2, -0.15) is 5.06 Å². The third-order valence-corrected chi connectivity index (χ3v) is 11.3. The van der Waals surface area contributed by atoms with Crippen molar-refractivity contribution >= 4 is 11.8 Å². The molecule has 1 aliphatic heterocycles. The molecule has 4 aliphatic carbocycles. The summed E-state index contributed by atoms with van der Waals surface area (Å²) in [4.78, 5) is 34.7. The second-order valence-electron chi connectivity index (χ2n) is 15.1. The Morgan fingerprint density at radius 1 is 1.18 bits per heavy atom. The van der Waals surface area contributed by atoms with E-state index in [2.05, 4.69) is 43.2 Å². The summed E-state index contributed by atoms with van der Waals surface area (Å²) in [6.45, 7) is 8.93. The molecule has 8 atom stereocenters. The Labute approximate surface area is 269 Å². The third-order valence-electron chi connectivity index (χ3n) is 11.3. The van der Waals surface area contributed by atoms with Crippen LogP contribution in [0.3, 0.4) is 0 Å². The highest BCUT2D eigenvalue weighted by atomic mass is 16.7. The predicted molar refractivity (Wildman–Crippen MR) is 173 cm³/mol. The number of fused-ring (bicyclic) bond motifs is 2. The molecule has 4 N–H and O–H groups in total. The summed E-state index contributed by atoms with van der Waals surface area (Å²) in [5.74, 6) is 7.59. The van der Waals surface area contributed by atoms with E-state index in [1.54, 1.807) is 12.0 Å². The highest BCUT2D eigenvalue weighted by Gasteiger charge is 2.57. The molecular weight excluding hydrogens is 568 g/mol. The number of aliphatic hydroxyl groups excluding tert-OH is 2. The van der Waals surface area contributed by atoms with Crippen LogP contribution in [-0.2, 0) is 21.0 Å². The molecule has 9 heteroatoms. The number of rotatable bonds is 9. The first-order valence-corrected chi connectivity index (χ1v) is 16.9. The maximum Gasteiger partial charge on any atom is 0.240 e. The molecule has 45 heavy (non-hydrogen) atoms. The first kappa shape index (κ1) is 33.9. The van der Waals surface area contributed by atoms with Crippen molar-refractivity contribution in [3.63, 3.8) is 0 Å². The Morgan fingerprint density at radius 2 is 1.91 bits per heavy atom. The van der Waals surface area contributed by atoms with Crippen LogP contribution >= 0.6 is 0 Å². The summed E-state index contributed by atoms with van der Waals surface area (Å²) in [6, 6.07) is 7.20. The molecule has 5 aliphatic rings. The van der Waals surface area contributed by atoms with Gasteiger partial charge in [-0.3, -0.25) is 14.4 Å². The Kier molecular flexibility index (Phi) is 10.3. The lowest BCUT2D eigenvalue weighted by atomic mass is 9.45. The van der Waals surface area contributed by atoms with Crippen LogP contribution in [0.4, 0.5) is 0 Å². The van der Waals surface area contributed by atoms with E-state index in [1.807, 2.05) is 43.3 Å². The topological polar surface area (TPSA) is 114 Å². The average Bonchev–Trinajstić information content (AvgIpc) is 3.35. The number of likely N-dealkylation sites (N-methyl/N-ethyl adjacent to an activating group) is 1. The van der Waals surface area contributed by atoms with Gasteiger partial charge in [0.25, 0.3) is 0 Å². The number of benzene rings is 1. The Hall–Kier alpha value is -2.48. The quantitative estimate of drug-likeness (QED) is 0.313. The first-order chi connectivity index (χ1) is 21.3. The fourth-order valence-corrected chi connectivity index (χ4v) is 8.63. The zero-order valence-corrected chi connectivity index (χ0v) is 28.0. The number of aliphatic hydroxyl groups is 2. The number of hydrogen-bond donors (Lipinski definition) is 4. The Morgan fingerprint density at radius 3 is 2.53 bits per heavy atom. The summed E-state index contributed by atoms with van der Waals surface area (Å²) in [6.07, 6.45) is 5.54. The molecular formula is C36H54N4O5. The molecule has 0 spiro atoms. The summed E-state index contributed by atoms with van der Waals surface area (Å²) in [7, 11) is 3.77. The Bertz CT molecular complexity index is 1280. The van der Waals surface area contributed by atoms with Gasteiger partial charge in [-0.05, 0) is 87.6 Å². The van der Waals surface area contributed by atoms with Crippen LogP contribution in [-0.4, -0.2) is 89.1 Å². The van der Waals surface area contributed by atoms with Gasteiger partial charge >= 0.3 is 0 Å². The maximum absolute atomic E-state index is 14.0. The number of nitrogens with one attached hydrogen (secondary N) is 2. The predicted octanol–water partition coefficient (Wildman–Crippen LogP) is 3.08. The van der Waals surface area contributed by atoms with Crippen LogP contribution in [0.15, 0.2) is 24.3 Å². The SMILES string of the molecule is CC1[C@@H](NC(=O)[C@@H]2[C@H]([C@H](C)O)C(CO)ON2Cc2cccc(C#CC3(NC(=O)CN(C)C)CCCCC3)c2)C[C@H]2C[C@@H]1C2(C)C. The molecule has 1 saturated heterocycles. The number of hydrogen-bond acceptors (Lipinski definition) is 7. The van der Waals surface area contributed by atoms with Gasteiger partial charge in [-0.15, -0.1) is 0 Å². The molecule has 2 unspecified atom stereocenters. The molecule has 0 aromatic heterocycles. The minimum atomic E-state index is -0.842. The van der Waals surface area contributed by atoms with Gasteiger partial charge in [0.2, 0.25) is 11.8 Å². The van der Waals surface area contributed by atoms with Crippen LogP contribution < -0.4 is 10.6 Å². The zero-order chi connectivity index (χ0) is 32.5. The van der Waals surface area contributed by atoms with Gasteiger partial charge in [0.05, 0.1) is 25.8 Å². The minimum absolute atomic E-state index is 0.0186. The van der Waals surface area contributed by atoms with Crippen molar-refractivity contribution in [3.05, 3.63) is 35.4 Å². The average molecular weight is 623 g/mol. The van der Waals surface area contributed by atoms with Crippen molar-refractivity contribution < 1.29 is 24.6 Å². The van der Waals surface area contributed by atoms with E-state index in [0.29, 0.717) is 36.3 Å². The van der Waals surface area contributed by atoms with Crippen LogP contribution in [0.5, 0.6) is 0 Å². The molecule has 2 amide bonds. The number of carbonyl (C=O) groups is 2. The lowest BCUT2D eigenvalue weighted by Crippen LogP contribution is -2.62. The van der Waals surface area contributed by atoms with Crippen LogP contribution in [0.1, 0.15) is 83.8 Å². The fraction of sp³-hybridized carbons (Fsp3) is 0.722. The van der Waals surface area contributed by atoms with Crippen molar-refractivity contribution in [2.45, 2.75) is 109 Å². The van der Waals surface area contributed by atoms with Crippen molar-refractivity contribution in [1.29, 1.82) is 0 Å². The van der Waals surface area contributed by atoms with E-state index in [4.69, 9.17) is 4.84 Å². The van der Waals surface area contributed by atoms with Crippen LogP contribution in [0, 0.1) is 40.9 Å². The number of nitrogens with zero attached hydrogens (tertiary/aromatic N) is 2. The van der Waals surface area contributed by atoms with Crippen molar-refractivity contribution in [2.75, 3.05) is 27.2 Å². The zero-order valence-electron chi connectivity index (χ0n) is 28.0. The van der Waals surface area contributed by atoms with Gasteiger partial charge in [0, 0.05) is 17.5 Å². The largest absolute Gasteiger partial charge is 0.394 e. The monoisotopic (exact) mass is 622 g/mol. The molecule has 248 valence electrons. The van der Waals surface area contributed by atoms with E-state index >= 15 is 0 Å². The highest BCUT2D eigenvalue weighted by molar-refractivity contribution is 5.83. The van der Waals surface area contributed by atoms with Crippen molar-refractivity contribution in [1.82, 2.24) is 20.6 Å². The van der Waals surface area contributed by atoms with Gasteiger partial charge in [-0.1, -0.05) is 64.0 Å². The summed E-state index contributed by atoms with van der Waals surface area (Å²) >= 11 is 0. The summed E-state index contributed by atoms with van der Waals surface area (Å²) < 4.78 is 0. The standard InChI is InChI=1S/C36H54N4O5/c1-23-28-18-27(35(28,3)4)19-29(23)37-34(44)33-32(24(2)42)30(22-41)45-40(33)20-26-12-10-11-25(17-26)13-16-36(14-8-7-9-15-36)38-31(43)21-39(5)6/h10-12,17,23-24,27-30,32-33,41-42H,7-9,14-15,18-22H2,1-6H3,(H,37,44)(H,38,43)/t23?,24-,27+,28-,29-,30?,32+,33-/m0/s1. The van der Waals surface area contributed by atoms with Gasteiger partial charge in [0.1, 0.15) is 17.7 Å². The van der Waals surface area contributed by atoms with E-state index in [-0.39, 0.29) is 24.5 Å². The second-order valence-corrected chi connectivity index (χ2v) is 15.1. The smallest absolute Gasteiger partial charge is 0.240 e. The molecule has 1 aromatic rings. The molecule has 2 bridgehead atoms. The molecule has 0 radical (unpaired) electrons. The molecule has 1 aromatic carbocycles. The second kappa shape index (κ2) is 13.7. The molecule has 6 rings (SSSR count). The maximum atomic E-state index is 14.0. The summed E-state index contributed by atoms with van der Waals surface area (Å²) in [5.41, 5.74) is 1.51. The Balaban J connectivity index is 1.33. The van der Waals surface area contributed by atoms with Gasteiger partial charge in [-0.25, -0.2) is 0 Å². The number of hydroxylamine groups is 2. The van der Waals surface area contributed by atoms with Gasteiger partial charge in [0.15, 0.2) is 0 Å². The molecule has 1 heterocycles. The van der Waals surface area contributed by atoms with Crippen LogP contribution in [0.25, 0.3) is 0 Å². The van der Waals surface area contributed by atoms with Crippen LogP contribution in [0.2, 0.25) is 0 Å². The van der Waals surface area contributed by atoms with E-state index in [1.165, 1.54) is 6.42 Å². The summed E-state index contributed by atoms with van der Waals surface area (Å²) in [5, 5.41) is 29.1. The molecule has 4 saturated carbocycles. The van der Waals surface area contributed by atoms with E-state index < -0.39 is 29.7 Å². The number of carbonyl (C=O) groups excluding carboxylic acids is 2.